The SMILES string of the molecule is C=CB(c1ccccc1)c1ccccc1.CCC=CC[Si](Cn1ccnc1)(c1ccccc1)c1ccccc1. The van der Waals surface area contributed by atoms with Crippen LogP contribution in [0.5, 0.6) is 0 Å². The molecule has 0 atom stereocenters. The highest BCUT2D eigenvalue weighted by atomic mass is 28.3. The van der Waals surface area contributed by atoms with Crippen molar-refractivity contribution >= 4 is 36.1 Å². The van der Waals surface area contributed by atoms with Crippen LogP contribution in [0, 0.1) is 0 Å². The lowest BCUT2D eigenvalue weighted by Crippen LogP contribution is -2.61. The van der Waals surface area contributed by atoms with E-state index in [1.165, 1.54) is 21.3 Å². The van der Waals surface area contributed by atoms with Crippen LogP contribution in [-0.2, 0) is 6.17 Å². The molecule has 5 rings (SSSR count). The Morgan fingerprint density at radius 3 is 1.62 bits per heavy atom. The Balaban J connectivity index is 0.000000202. The Morgan fingerprint density at radius 1 is 0.718 bits per heavy atom. The summed E-state index contributed by atoms with van der Waals surface area (Å²) in [6, 6.07) is 44.1. The van der Waals surface area contributed by atoms with Crippen LogP contribution in [-0.4, -0.2) is 24.3 Å². The van der Waals surface area contributed by atoms with Gasteiger partial charge in [0.05, 0.1) is 6.33 Å². The summed E-state index contributed by atoms with van der Waals surface area (Å²) >= 11 is 0. The second kappa shape index (κ2) is 14.7. The fraction of sp³-hybridized carbons (Fsp3) is 0.114. The minimum absolute atomic E-state index is 0.299. The molecule has 1 aromatic heterocycles. The number of nitrogens with zero attached hydrogens (tertiary/aromatic N) is 2. The van der Waals surface area contributed by atoms with Crippen molar-refractivity contribution < 1.29 is 0 Å². The van der Waals surface area contributed by atoms with Gasteiger partial charge in [0.25, 0.3) is 0 Å². The molecule has 5 aromatic rings. The summed E-state index contributed by atoms with van der Waals surface area (Å²) in [4.78, 5) is 4.26. The number of rotatable bonds is 10. The van der Waals surface area contributed by atoms with E-state index >= 15 is 0 Å². The largest absolute Gasteiger partial charge is 0.340 e. The van der Waals surface area contributed by atoms with Crippen LogP contribution < -0.4 is 21.3 Å². The standard InChI is InChI=1S/C21H24N2Si.C14H13B/c1-2-3-10-17-24(19-23-16-15-22-18-23,20-11-6-4-7-12-20)21-13-8-5-9-14-21;1-2-15(13-9-5-3-6-10-13)14-11-7-4-8-12-14/h3-16,18H,2,17,19H2,1H3;2-12H,1H2. The summed E-state index contributed by atoms with van der Waals surface area (Å²) in [5, 5.41) is 2.95. The molecule has 0 bridgehead atoms. The Kier molecular flexibility index (Phi) is 10.5. The first kappa shape index (κ1) is 27.9. The minimum atomic E-state index is -1.95. The van der Waals surface area contributed by atoms with Gasteiger partial charge in [-0.05, 0) is 12.5 Å². The molecule has 0 aliphatic carbocycles. The Bertz CT molecular complexity index is 1310. The molecule has 0 unspecified atom stereocenters. The van der Waals surface area contributed by atoms with Gasteiger partial charge in [0, 0.05) is 18.6 Å². The van der Waals surface area contributed by atoms with Crippen molar-refractivity contribution in [2.75, 3.05) is 0 Å². The average Bonchev–Trinajstić information content (AvgIpc) is 3.53. The molecule has 0 fully saturated rings. The van der Waals surface area contributed by atoms with E-state index in [4.69, 9.17) is 0 Å². The first-order valence-electron chi connectivity index (χ1n) is 13.7. The Hall–Kier alpha value is -4.15. The van der Waals surface area contributed by atoms with E-state index in [-0.39, 0.29) is 0 Å². The van der Waals surface area contributed by atoms with Crippen molar-refractivity contribution in [2.45, 2.75) is 25.6 Å². The van der Waals surface area contributed by atoms with E-state index in [0.717, 1.165) is 18.6 Å². The zero-order chi connectivity index (χ0) is 27.2. The predicted molar refractivity (Wildman–Crippen MR) is 172 cm³/mol. The molecule has 4 aromatic carbocycles. The van der Waals surface area contributed by atoms with Crippen LogP contribution in [0.15, 0.2) is 165 Å². The van der Waals surface area contributed by atoms with Crippen molar-refractivity contribution in [3.8, 4) is 0 Å². The molecule has 4 heteroatoms. The van der Waals surface area contributed by atoms with Crippen LogP contribution in [0.1, 0.15) is 13.3 Å². The van der Waals surface area contributed by atoms with Crippen molar-refractivity contribution in [3.05, 3.63) is 165 Å². The molecular formula is C35H37BN2Si. The maximum absolute atomic E-state index is 4.26. The van der Waals surface area contributed by atoms with Gasteiger partial charge >= 0.3 is 0 Å². The smallest absolute Gasteiger partial charge is 0.233 e. The maximum atomic E-state index is 4.26. The van der Waals surface area contributed by atoms with Gasteiger partial charge in [-0.15, -0.1) is 12.6 Å². The summed E-state index contributed by atoms with van der Waals surface area (Å²) in [5.74, 6) is 1.99. The van der Waals surface area contributed by atoms with Gasteiger partial charge in [-0.1, -0.05) is 162 Å². The van der Waals surface area contributed by atoms with Crippen molar-refractivity contribution in [1.29, 1.82) is 0 Å². The normalized spacial score (nSPS) is 11.0. The predicted octanol–water partition coefficient (Wildman–Crippen LogP) is 5.67. The van der Waals surface area contributed by atoms with Crippen LogP contribution in [0.3, 0.4) is 0 Å². The minimum Gasteiger partial charge on any atom is -0.340 e. The molecule has 39 heavy (non-hydrogen) atoms. The van der Waals surface area contributed by atoms with Gasteiger partial charge in [-0.3, -0.25) is 0 Å². The first-order valence-corrected chi connectivity index (χ1v) is 16.1. The first-order chi connectivity index (χ1) is 19.3. The highest BCUT2D eigenvalue weighted by molar-refractivity contribution is 7.01. The molecule has 0 spiro atoms. The number of imidazole rings is 1. The van der Waals surface area contributed by atoms with Gasteiger partial charge in [-0.2, -0.15) is 0 Å². The van der Waals surface area contributed by atoms with E-state index in [9.17, 15) is 0 Å². The summed E-state index contributed by atoms with van der Waals surface area (Å²) < 4.78 is 2.24. The zero-order valence-electron chi connectivity index (χ0n) is 22.8. The van der Waals surface area contributed by atoms with Crippen molar-refractivity contribution in [2.24, 2.45) is 0 Å². The van der Waals surface area contributed by atoms with E-state index in [1.807, 2.05) is 30.6 Å². The van der Waals surface area contributed by atoms with Gasteiger partial charge in [0.15, 0.2) is 0 Å². The summed E-state index contributed by atoms with van der Waals surface area (Å²) in [6.45, 7) is 6.41. The van der Waals surface area contributed by atoms with Crippen LogP contribution in [0.25, 0.3) is 0 Å². The molecule has 0 aliphatic rings. The van der Waals surface area contributed by atoms with E-state index < -0.39 is 8.07 Å². The van der Waals surface area contributed by atoms with Gasteiger partial charge in [0.2, 0.25) is 6.71 Å². The quantitative estimate of drug-likeness (QED) is 0.170. The highest BCUT2D eigenvalue weighted by Crippen LogP contribution is 2.16. The molecular weight excluding hydrogens is 487 g/mol. The van der Waals surface area contributed by atoms with Gasteiger partial charge in [-0.25, -0.2) is 4.98 Å². The third-order valence-corrected chi connectivity index (χ3v) is 11.8. The second-order valence-electron chi connectivity index (χ2n) is 9.67. The fourth-order valence-electron chi connectivity index (χ4n) is 5.09. The molecule has 194 valence electrons. The third kappa shape index (κ3) is 7.46. The molecule has 0 saturated carbocycles. The molecule has 2 nitrogen and oxygen atoms in total. The number of hydrogen-bond donors (Lipinski definition) is 0. The molecule has 1 heterocycles. The summed E-state index contributed by atoms with van der Waals surface area (Å²) in [5.41, 5.74) is 2.58. The van der Waals surface area contributed by atoms with Crippen molar-refractivity contribution in [3.63, 3.8) is 0 Å². The fourth-order valence-corrected chi connectivity index (χ4v) is 9.43. The van der Waals surface area contributed by atoms with Gasteiger partial charge < -0.3 is 4.57 Å². The maximum Gasteiger partial charge on any atom is 0.233 e. The van der Waals surface area contributed by atoms with Crippen molar-refractivity contribution in [1.82, 2.24) is 9.55 Å². The lowest BCUT2D eigenvalue weighted by molar-refractivity contribution is 0.855. The average molecular weight is 525 g/mol. The number of allylic oxidation sites excluding steroid dienone is 2. The van der Waals surface area contributed by atoms with Gasteiger partial charge in [0.1, 0.15) is 8.07 Å². The lowest BCUT2D eigenvalue weighted by Gasteiger charge is -2.32. The molecule has 0 N–H and O–H groups in total. The third-order valence-electron chi connectivity index (χ3n) is 7.09. The van der Waals surface area contributed by atoms with E-state index in [1.54, 1.807) is 0 Å². The Labute approximate surface area is 235 Å². The summed E-state index contributed by atoms with van der Waals surface area (Å²) in [6.07, 6.45) is 12.7. The second-order valence-corrected chi connectivity index (χ2v) is 13.7. The summed E-state index contributed by atoms with van der Waals surface area (Å²) in [7, 11) is -1.95. The van der Waals surface area contributed by atoms with Crippen LogP contribution >= 0.6 is 0 Å². The molecule has 0 radical (unpaired) electrons. The Morgan fingerprint density at radius 2 is 1.21 bits per heavy atom. The van der Waals surface area contributed by atoms with Crippen LogP contribution in [0.4, 0.5) is 0 Å². The van der Waals surface area contributed by atoms with Crippen LogP contribution in [0.2, 0.25) is 6.04 Å². The zero-order valence-corrected chi connectivity index (χ0v) is 23.8. The topological polar surface area (TPSA) is 17.8 Å². The van der Waals surface area contributed by atoms with E-state index in [0.29, 0.717) is 6.71 Å². The number of hydrogen-bond acceptors (Lipinski definition) is 1. The lowest BCUT2D eigenvalue weighted by atomic mass is 9.41. The van der Waals surface area contributed by atoms with E-state index in [2.05, 4.69) is 151 Å². The molecule has 0 saturated heterocycles. The molecule has 0 amide bonds. The number of benzene rings is 4. The molecule has 0 aliphatic heterocycles. The monoisotopic (exact) mass is 524 g/mol. The highest BCUT2D eigenvalue weighted by Gasteiger charge is 2.36. The number of aromatic nitrogens is 2.